The lowest BCUT2D eigenvalue weighted by molar-refractivity contribution is -0.265. The molecule has 0 atom stereocenters. The number of hydrogen-bond acceptors (Lipinski definition) is 2. The molecular formula is C6H10N3O2+. The Labute approximate surface area is 62.7 Å². The Morgan fingerprint density at radius 2 is 1.82 bits per heavy atom. The van der Waals surface area contributed by atoms with Crippen LogP contribution >= 0.6 is 0 Å². The zero-order chi connectivity index (χ0) is 8.59. The van der Waals surface area contributed by atoms with Crippen LogP contribution in [0.4, 0.5) is 5.82 Å². The van der Waals surface area contributed by atoms with Crippen molar-refractivity contribution in [2.45, 2.75) is 0 Å². The maximum Gasteiger partial charge on any atom is 0.334 e. The standard InChI is InChI=1S/C6H9N3O2/c1-8-4(7)3-5(10)9(2)6(8)11/h3H,7H2,1-2H3/p+1. The van der Waals surface area contributed by atoms with Gasteiger partial charge in [0, 0.05) is 14.1 Å². The minimum Gasteiger partial charge on any atom is -0.310 e. The summed E-state index contributed by atoms with van der Waals surface area (Å²) in [5.74, 6) is 0.429. The van der Waals surface area contributed by atoms with E-state index >= 15 is 0 Å². The Balaban J connectivity index is 3.74. The van der Waals surface area contributed by atoms with Gasteiger partial charge in [0.25, 0.3) is 5.56 Å². The fourth-order valence-electron chi connectivity index (χ4n) is 0.778. The fraction of sp³-hybridized carbons (Fsp3) is 0.333. The molecule has 0 bridgehead atoms. The maximum absolute atomic E-state index is 11.1. The van der Waals surface area contributed by atoms with Crippen molar-refractivity contribution in [1.29, 1.82) is 0 Å². The number of nitrogens with zero attached hydrogens (tertiary/aromatic N) is 2. The second-order valence-corrected chi connectivity index (χ2v) is 2.37. The van der Waals surface area contributed by atoms with Gasteiger partial charge in [-0.25, -0.2) is 4.79 Å². The predicted molar refractivity (Wildman–Crippen MR) is 39.5 cm³/mol. The van der Waals surface area contributed by atoms with Gasteiger partial charge < -0.3 is 5.73 Å². The molecule has 0 amide bonds. The summed E-state index contributed by atoms with van der Waals surface area (Å²) in [6.45, 7) is 0. The zero-order valence-electron chi connectivity index (χ0n) is 6.50. The van der Waals surface area contributed by atoms with Crippen molar-refractivity contribution in [3.05, 3.63) is 26.9 Å². The van der Waals surface area contributed by atoms with Crippen LogP contribution in [0.15, 0.2) is 15.7 Å². The highest BCUT2D eigenvalue weighted by atomic mass is 16.2. The first-order valence-electron chi connectivity index (χ1n) is 3.13. The first-order chi connectivity index (χ1) is 5.04. The van der Waals surface area contributed by atoms with Crippen LogP contribution in [0, 0.1) is 0 Å². The fourth-order valence-corrected chi connectivity index (χ4v) is 0.778. The van der Waals surface area contributed by atoms with Crippen molar-refractivity contribution in [3.8, 4) is 0 Å². The highest BCUT2D eigenvalue weighted by Gasteiger charge is 2.03. The third kappa shape index (κ3) is 1.10. The average Bonchev–Trinajstić information content (AvgIpc) is 1.97. The van der Waals surface area contributed by atoms with E-state index < -0.39 is 0 Å². The van der Waals surface area contributed by atoms with Crippen molar-refractivity contribution >= 4 is 5.82 Å². The molecule has 0 fully saturated rings. The average molecular weight is 156 g/mol. The lowest BCUT2D eigenvalue weighted by Crippen LogP contribution is -2.50. The molecule has 0 saturated heterocycles. The molecule has 0 aromatic carbocycles. The molecule has 1 rings (SSSR count). The lowest BCUT2D eigenvalue weighted by Gasteiger charge is -2.00. The van der Waals surface area contributed by atoms with E-state index in [0.717, 1.165) is 4.57 Å². The monoisotopic (exact) mass is 156 g/mol. The van der Waals surface area contributed by atoms with Gasteiger partial charge in [-0.15, -0.1) is 0 Å². The van der Waals surface area contributed by atoms with Gasteiger partial charge in [0.15, 0.2) is 0 Å². The van der Waals surface area contributed by atoms with Gasteiger partial charge in [0.05, 0.1) is 6.07 Å². The van der Waals surface area contributed by atoms with Crippen LogP contribution in [0.5, 0.6) is 0 Å². The van der Waals surface area contributed by atoms with Crippen LogP contribution in [-0.2, 0) is 14.1 Å². The van der Waals surface area contributed by atoms with Gasteiger partial charge in [-0.05, 0) is 0 Å². The molecule has 5 nitrogen and oxygen atoms in total. The third-order valence-corrected chi connectivity index (χ3v) is 1.63. The molecule has 11 heavy (non-hydrogen) atoms. The van der Waals surface area contributed by atoms with Gasteiger partial charge in [0.1, 0.15) is 0 Å². The molecule has 0 spiro atoms. The van der Waals surface area contributed by atoms with Crippen molar-refractivity contribution in [2.24, 2.45) is 14.1 Å². The van der Waals surface area contributed by atoms with Gasteiger partial charge >= 0.3 is 5.69 Å². The normalized spacial score (nSPS) is 10.1. The molecule has 0 aliphatic heterocycles. The second-order valence-electron chi connectivity index (χ2n) is 2.37. The van der Waals surface area contributed by atoms with Gasteiger partial charge in [-0.3, -0.25) is 13.9 Å². The van der Waals surface area contributed by atoms with Gasteiger partial charge in [-0.2, -0.15) is 0 Å². The Kier molecular flexibility index (Phi) is 1.66. The molecule has 0 radical (unpaired) electrons. The molecule has 5 heteroatoms. The van der Waals surface area contributed by atoms with E-state index in [-0.39, 0.29) is 11.2 Å². The summed E-state index contributed by atoms with van der Waals surface area (Å²) in [5.41, 5.74) is 2.87. The second kappa shape index (κ2) is 2.35. The Morgan fingerprint density at radius 1 is 1.27 bits per heavy atom. The smallest absolute Gasteiger partial charge is 0.310 e. The van der Waals surface area contributed by atoms with Crippen LogP contribution in [0.2, 0.25) is 0 Å². The largest absolute Gasteiger partial charge is 0.334 e. The van der Waals surface area contributed by atoms with Crippen LogP contribution in [0.25, 0.3) is 0 Å². The molecule has 0 saturated carbocycles. The van der Waals surface area contributed by atoms with E-state index in [4.69, 9.17) is 0 Å². The molecular weight excluding hydrogens is 146 g/mol. The Bertz CT molecular complexity index is 388. The predicted octanol–water partition coefficient (Wildman–Crippen LogP) is -2.04. The van der Waals surface area contributed by atoms with Crippen LogP contribution < -0.4 is 17.0 Å². The zero-order valence-corrected chi connectivity index (χ0v) is 6.50. The van der Waals surface area contributed by atoms with Crippen LogP contribution in [0.1, 0.15) is 0 Å². The summed E-state index contributed by atoms with van der Waals surface area (Å²) >= 11 is 0. The SMILES string of the molecule is Cn1c([NH3+])cc(=O)n(C)c1=O. The molecule has 1 aromatic rings. The highest BCUT2D eigenvalue weighted by Crippen LogP contribution is 1.83. The minimum atomic E-state index is -0.345. The molecule has 0 aliphatic carbocycles. The number of aromatic nitrogens is 2. The summed E-state index contributed by atoms with van der Waals surface area (Å²) < 4.78 is 2.36. The molecule has 60 valence electrons. The van der Waals surface area contributed by atoms with Crippen LogP contribution in [-0.4, -0.2) is 9.13 Å². The molecule has 1 aromatic heterocycles. The van der Waals surface area contributed by atoms with Crippen LogP contribution in [0.3, 0.4) is 0 Å². The number of rotatable bonds is 0. The summed E-state index contributed by atoms with van der Waals surface area (Å²) in [7, 11) is 3.01. The summed E-state index contributed by atoms with van der Waals surface area (Å²) in [5, 5.41) is 0. The molecule has 0 unspecified atom stereocenters. The lowest BCUT2D eigenvalue weighted by atomic mass is 10.5. The maximum atomic E-state index is 11.1. The first kappa shape index (κ1) is 7.74. The number of quaternary nitrogens is 1. The van der Waals surface area contributed by atoms with E-state index in [2.05, 4.69) is 5.73 Å². The van der Waals surface area contributed by atoms with E-state index in [1.54, 1.807) is 7.05 Å². The Hall–Kier alpha value is -1.36. The van der Waals surface area contributed by atoms with E-state index in [1.807, 2.05) is 0 Å². The van der Waals surface area contributed by atoms with Gasteiger partial charge in [0.2, 0.25) is 5.82 Å². The van der Waals surface area contributed by atoms with E-state index in [0.29, 0.717) is 5.82 Å². The summed E-state index contributed by atoms with van der Waals surface area (Å²) in [4.78, 5) is 22.0. The van der Waals surface area contributed by atoms with E-state index in [9.17, 15) is 9.59 Å². The summed E-state index contributed by atoms with van der Waals surface area (Å²) in [6, 6.07) is 1.32. The highest BCUT2D eigenvalue weighted by molar-refractivity contribution is 5.13. The van der Waals surface area contributed by atoms with E-state index in [1.165, 1.54) is 17.7 Å². The van der Waals surface area contributed by atoms with Crippen molar-refractivity contribution in [3.63, 3.8) is 0 Å². The number of hydrogen-bond donors (Lipinski definition) is 1. The van der Waals surface area contributed by atoms with Crippen molar-refractivity contribution in [2.75, 3.05) is 0 Å². The quantitative estimate of drug-likeness (QED) is 0.470. The molecule has 1 heterocycles. The Morgan fingerprint density at radius 3 is 2.36 bits per heavy atom. The molecule has 0 aliphatic rings. The van der Waals surface area contributed by atoms with Crippen molar-refractivity contribution < 1.29 is 5.73 Å². The van der Waals surface area contributed by atoms with Gasteiger partial charge in [-0.1, -0.05) is 0 Å². The summed E-state index contributed by atoms with van der Waals surface area (Å²) in [6.07, 6.45) is 0. The van der Waals surface area contributed by atoms with Crippen molar-refractivity contribution in [1.82, 2.24) is 9.13 Å². The topological polar surface area (TPSA) is 71.6 Å². The molecule has 3 N–H and O–H groups in total. The first-order valence-corrected chi connectivity index (χ1v) is 3.13. The third-order valence-electron chi connectivity index (χ3n) is 1.63. The minimum absolute atomic E-state index is 0.321.